The van der Waals surface area contributed by atoms with Crippen molar-refractivity contribution in [3.8, 4) is 0 Å². The average Bonchev–Trinajstić information content (AvgIpc) is 3.07. The van der Waals surface area contributed by atoms with Gasteiger partial charge in [-0.2, -0.15) is 9.82 Å². The average molecular weight is 418 g/mol. The van der Waals surface area contributed by atoms with E-state index in [0.717, 1.165) is 31.5 Å². The van der Waals surface area contributed by atoms with Gasteiger partial charge in [0.2, 0.25) is 10.0 Å². The zero-order valence-corrected chi connectivity index (χ0v) is 17.6. The number of aryl methyl sites for hydroxylation is 2. The zero-order valence-electron chi connectivity index (χ0n) is 16.8. The minimum absolute atomic E-state index is 0.00540. The first-order chi connectivity index (χ1) is 13.9. The Kier molecular flexibility index (Phi) is 5.35. The lowest BCUT2D eigenvalue weighted by Gasteiger charge is -2.38. The highest BCUT2D eigenvalue weighted by molar-refractivity contribution is 7.89. The largest absolute Gasteiger partial charge is 0.368 e. The smallest absolute Gasteiger partial charge is 0.257 e. The predicted molar refractivity (Wildman–Crippen MR) is 110 cm³/mol. The van der Waals surface area contributed by atoms with Crippen LogP contribution in [-0.2, 0) is 16.6 Å². The van der Waals surface area contributed by atoms with Gasteiger partial charge in [-0.1, -0.05) is 19.1 Å². The maximum atomic E-state index is 12.9. The molecule has 1 fully saturated rings. The third kappa shape index (κ3) is 3.89. The molecule has 0 spiro atoms. The first-order valence-electron chi connectivity index (χ1n) is 10.1. The summed E-state index contributed by atoms with van der Waals surface area (Å²) in [4.78, 5) is 15.1. The maximum Gasteiger partial charge on any atom is 0.257 e. The molecule has 2 aromatic rings. The van der Waals surface area contributed by atoms with Gasteiger partial charge in [0.15, 0.2) is 0 Å². The summed E-state index contributed by atoms with van der Waals surface area (Å²) in [5.41, 5.74) is 2.04. The van der Waals surface area contributed by atoms with E-state index in [2.05, 4.69) is 22.1 Å². The van der Waals surface area contributed by atoms with Crippen LogP contribution in [0.2, 0.25) is 0 Å². The van der Waals surface area contributed by atoms with Crippen molar-refractivity contribution in [2.24, 2.45) is 5.92 Å². The Labute approximate surface area is 171 Å². The van der Waals surface area contributed by atoms with E-state index in [-0.39, 0.29) is 22.9 Å². The number of amides is 1. The lowest BCUT2D eigenvalue weighted by atomic mass is 9.93. The number of nitrogens with zero attached hydrogens (tertiary/aromatic N) is 3. The highest BCUT2D eigenvalue weighted by Crippen LogP contribution is 2.31. The fraction of sp³-hybridized carbons (Fsp3) is 0.500. The van der Waals surface area contributed by atoms with Crippen LogP contribution in [0.3, 0.4) is 0 Å². The molecule has 3 heterocycles. The van der Waals surface area contributed by atoms with E-state index in [1.807, 2.05) is 28.8 Å². The third-order valence-electron chi connectivity index (χ3n) is 5.70. The number of para-hydroxylation sites is 1. The van der Waals surface area contributed by atoms with Crippen LogP contribution >= 0.6 is 0 Å². The first-order valence-corrected chi connectivity index (χ1v) is 11.6. The van der Waals surface area contributed by atoms with Crippen LogP contribution in [0.1, 0.15) is 42.2 Å². The maximum absolute atomic E-state index is 12.9. The summed E-state index contributed by atoms with van der Waals surface area (Å²) in [6.45, 7) is 5.94. The second kappa shape index (κ2) is 7.79. The van der Waals surface area contributed by atoms with E-state index in [1.165, 1.54) is 0 Å². The second-order valence-electron chi connectivity index (χ2n) is 7.76. The Morgan fingerprint density at radius 1 is 1.24 bits per heavy atom. The van der Waals surface area contributed by atoms with Gasteiger partial charge in [-0.15, -0.1) is 0 Å². The van der Waals surface area contributed by atoms with Crippen LogP contribution < -0.4 is 10.0 Å². The first kappa shape index (κ1) is 19.9. The van der Waals surface area contributed by atoms with E-state index in [0.29, 0.717) is 24.3 Å². The van der Waals surface area contributed by atoms with E-state index in [4.69, 9.17) is 0 Å². The van der Waals surface area contributed by atoms with Gasteiger partial charge in [0, 0.05) is 25.8 Å². The lowest BCUT2D eigenvalue weighted by molar-refractivity contribution is 0.0678. The van der Waals surface area contributed by atoms with Gasteiger partial charge in [-0.3, -0.25) is 9.48 Å². The molecular formula is C20H27N5O3S. The molecule has 1 saturated heterocycles. The van der Waals surface area contributed by atoms with Crippen LogP contribution in [0.15, 0.2) is 35.4 Å². The monoisotopic (exact) mass is 417 g/mol. The minimum atomic E-state index is -3.53. The Hall–Kier alpha value is -2.39. The number of aromatic nitrogens is 2. The zero-order chi connectivity index (χ0) is 20.6. The molecule has 156 valence electrons. The molecule has 9 heteroatoms. The molecule has 29 heavy (non-hydrogen) atoms. The van der Waals surface area contributed by atoms with E-state index in [1.54, 1.807) is 18.2 Å². The molecular weight excluding hydrogens is 390 g/mol. The van der Waals surface area contributed by atoms with Gasteiger partial charge in [0.05, 0.1) is 23.1 Å². The Balaban J connectivity index is 1.42. The van der Waals surface area contributed by atoms with Gasteiger partial charge in [0.25, 0.3) is 5.91 Å². The summed E-state index contributed by atoms with van der Waals surface area (Å²) in [7, 11) is -3.53. The summed E-state index contributed by atoms with van der Waals surface area (Å²) in [6.07, 6.45) is 3.90. The van der Waals surface area contributed by atoms with E-state index >= 15 is 0 Å². The molecule has 1 aromatic heterocycles. The molecule has 4 rings (SSSR count). The number of carbonyl (C=O) groups is 1. The number of piperidine rings is 1. The van der Waals surface area contributed by atoms with Gasteiger partial charge in [-0.05, 0) is 44.2 Å². The molecule has 0 bridgehead atoms. The van der Waals surface area contributed by atoms with Gasteiger partial charge in [0.1, 0.15) is 4.90 Å². The van der Waals surface area contributed by atoms with Crippen molar-refractivity contribution < 1.29 is 13.2 Å². The topological polar surface area (TPSA) is 96.3 Å². The lowest BCUT2D eigenvalue weighted by Crippen LogP contribution is -2.52. The number of nitrogens with one attached hydrogen (secondary N) is 2. The molecule has 8 nitrogen and oxygen atoms in total. The second-order valence-corrected chi connectivity index (χ2v) is 9.44. The predicted octanol–water partition coefficient (Wildman–Crippen LogP) is 2.18. The van der Waals surface area contributed by atoms with Crippen molar-refractivity contribution in [2.75, 3.05) is 18.4 Å². The number of sulfonamides is 1. The molecule has 2 aliphatic rings. The number of fused-ring (bicyclic) bond motifs is 1. The Morgan fingerprint density at radius 3 is 2.69 bits per heavy atom. The van der Waals surface area contributed by atoms with Gasteiger partial charge >= 0.3 is 0 Å². The number of rotatable bonds is 4. The fourth-order valence-corrected chi connectivity index (χ4v) is 5.53. The highest BCUT2D eigenvalue weighted by atomic mass is 32.2. The van der Waals surface area contributed by atoms with E-state index < -0.39 is 10.0 Å². The molecule has 1 unspecified atom stereocenters. The van der Waals surface area contributed by atoms with Crippen LogP contribution in [0.5, 0.6) is 0 Å². The van der Waals surface area contributed by atoms with Crippen LogP contribution in [-0.4, -0.2) is 48.3 Å². The van der Waals surface area contributed by atoms with E-state index in [9.17, 15) is 13.2 Å². The standard InChI is InChI=1S/C20H27N5O3S/c1-3-10-25-13-16(14(2)22-25)20(26)24-11-8-15(9-12-24)19-21-17-6-4-5-7-18(17)29(27,28)23-19/h4-7,13,15,19,21,23H,3,8-12H2,1-2H3. The molecule has 1 aromatic carbocycles. The van der Waals surface area contributed by atoms with Crippen molar-refractivity contribution in [3.05, 3.63) is 41.7 Å². The number of carbonyl (C=O) groups excluding carboxylic acids is 1. The van der Waals surface area contributed by atoms with Crippen LogP contribution in [0.25, 0.3) is 0 Å². The summed E-state index contributed by atoms with van der Waals surface area (Å²) in [5.74, 6) is 0.122. The SMILES string of the molecule is CCCn1cc(C(=O)N2CCC(C3Nc4ccccc4S(=O)(=O)N3)CC2)c(C)n1. The number of hydrogen-bond acceptors (Lipinski definition) is 5. The third-order valence-corrected chi connectivity index (χ3v) is 7.20. The van der Waals surface area contributed by atoms with Gasteiger partial charge in [-0.25, -0.2) is 8.42 Å². The van der Waals surface area contributed by atoms with Crippen molar-refractivity contribution in [3.63, 3.8) is 0 Å². The summed E-state index contributed by atoms with van der Waals surface area (Å²) < 4.78 is 29.7. The Morgan fingerprint density at radius 2 is 1.97 bits per heavy atom. The molecule has 0 radical (unpaired) electrons. The van der Waals surface area contributed by atoms with Crippen LogP contribution in [0, 0.1) is 12.8 Å². The van der Waals surface area contributed by atoms with Crippen molar-refractivity contribution in [1.82, 2.24) is 19.4 Å². The number of benzene rings is 1. The number of hydrogen-bond donors (Lipinski definition) is 2. The molecule has 0 aliphatic carbocycles. The number of likely N-dealkylation sites (tertiary alicyclic amines) is 1. The Bertz CT molecular complexity index is 1010. The van der Waals surface area contributed by atoms with Crippen molar-refractivity contribution in [2.45, 2.75) is 50.7 Å². The molecule has 1 amide bonds. The molecule has 2 N–H and O–H groups in total. The summed E-state index contributed by atoms with van der Waals surface area (Å²) >= 11 is 0. The molecule has 2 aliphatic heterocycles. The molecule has 0 saturated carbocycles. The van der Waals surface area contributed by atoms with Crippen LogP contribution in [0.4, 0.5) is 5.69 Å². The minimum Gasteiger partial charge on any atom is -0.368 e. The highest BCUT2D eigenvalue weighted by Gasteiger charge is 2.36. The van der Waals surface area contributed by atoms with Crippen molar-refractivity contribution in [1.29, 1.82) is 0 Å². The van der Waals surface area contributed by atoms with Gasteiger partial charge < -0.3 is 10.2 Å². The normalized spacial score (nSPS) is 21.4. The summed E-state index contributed by atoms with van der Waals surface area (Å²) in [6, 6.07) is 6.93. The fourth-order valence-electron chi connectivity index (χ4n) is 4.14. The molecule has 1 atom stereocenters. The van der Waals surface area contributed by atoms with Crippen molar-refractivity contribution >= 4 is 21.6 Å². The quantitative estimate of drug-likeness (QED) is 0.795. The summed E-state index contributed by atoms with van der Waals surface area (Å²) in [5, 5.41) is 7.74. The number of anilines is 1.